The fourth-order valence-corrected chi connectivity index (χ4v) is 4.30. The van der Waals surface area contributed by atoms with E-state index in [4.69, 9.17) is 8.83 Å². The number of anilines is 1. The zero-order valence-corrected chi connectivity index (χ0v) is 16.8. The van der Waals surface area contributed by atoms with Crippen LogP contribution in [0, 0.1) is 0 Å². The van der Waals surface area contributed by atoms with Crippen molar-refractivity contribution in [2.45, 2.75) is 24.5 Å². The van der Waals surface area contributed by atoms with Gasteiger partial charge in [0.05, 0.1) is 4.47 Å². The topological polar surface area (TPSA) is 79.7 Å². The molecule has 27 heavy (non-hydrogen) atoms. The van der Waals surface area contributed by atoms with Gasteiger partial charge in [0.1, 0.15) is 16.2 Å². The molecule has 1 N–H and O–H groups in total. The molecule has 0 amide bonds. The van der Waals surface area contributed by atoms with Crippen molar-refractivity contribution >= 4 is 56.7 Å². The highest BCUT2D eigenvalue weighted by molar-refractivity contribution is 9.10. The van der Waals surface area contributed by atoms with E-state index in [1.165, 1.54) is 12.5 Å². The number of benzene rings is 1. The molecule has 6 nitrogen and oxygen atoms in total. The first-order valence-corrected chi connectivity index (χ1v) is 10.2. The number of nitrogens with zero attached hydrogens (tertiary/aromatic N) is 2. The minimum absolute atomic E-state index is 0.0769. The van der Waals surface area contributed by atoms with Gasteiger partial charge in [0, 0.05) is 25.2 Å². The van der Waals surface area contributed by atoms with Crippen molar-refractivity contribution in [1.29, 1.82) is 0 Å². The molecule has 0 saturated carbocycles. The number of para-hydroxylation sites is 2. The monoisotopic (exact) mass is 448 g/mol. The van der Waals surface area contributed by atoms with Crippen molar-refractivity contribution in [2.75, 3.05) is 18.0 Å². The van der Waals surface area contributed by atoms with Gasteiger partial charge >= 0.3 is 5.97 Å². The summed E-state index contributed by atoms with van der Waals surface area (Å²) >= 11 is 4.48. The molecule has 1 saturated heterocycles. The average Bonchev–Trinajstić information content (AvgIpc) is 3.24. The van der Waals surface area contributed by atoms with E-state index < -0.39 is 5.97 Å². The number of thioether (sulfide) groups is 1. The molecule has 0 bridgehead atoms. The largest absolute Gasteiger partial charge is 0.477 e. The van der Waals surface area contributed by atoms with Crippen LogP contribution in [0.5, 0.6) is 0 Å². The van der Waals surface area contributed by atoms with E-state index in [1.807, 2.05) is 18.2 Å². The molecule has 8 heteroatoms. The van der Waals surface area contributed by atoms with Crippen molar-refractivity contribution in [1.82, 2.24) is 4.98 Å². The second kappa shape index (κ2) is 7.82. The lowest BCUT2D eigenvalue weighted by Crippen LogP contribution is -2.29. The number of halogens is 1. The van der Waals surface area contributed by atoms with Crippen molar-refractivity contribution in [3.8, 4) is 0 Å². The summed E-state index contributed by atoms with van der Waals surface area (Å²) in [7, 11) is 0. The number of fused-ring (bicyclic) bond motifs is 1. The van der Waals surface area contributed by atoms with Crippen molar-refractivity contribution < 1.29 is 18.7 Å². The van der Waals surface area contributed by atoms with Crippen LogP contribution in [-0.4, -0.2) is 29.1 Å². The van der Waals surface area contributed by atoms with Crippen LogP contribution in [0.4, 0.5) is 5.88 Å². The van der Waals surface area contributed by atoms with Crippen LogP contribution in [0.25, 0.3) is 17.2 Å². The summed E-state index contributed by atoms with van der Waals surface area (Å²) in [6.45, 7) is 1.89. The Hall–Kier alpha value is -2.19. The maximum Gasteiger partial charge on any atom is 0.342 e. The molecule has 0 unspecified atom stereocenters. The molecule has 0 atom stereocenters. The Labute approximate surface area is 168 Å². The summed E-state index contributed by atoms with van der Waals surface area (Å²) < 4.78 is 12.3. The number of aromatic nitrogens is 1. The Balaban J connectivity index is 1.60. The van der Waals surface area contributed by atoms with Gasteiger partial charge in [-0.15, -0.1) is 0 Å². The molecule has 4 rings (SSSR count). The third kappa shape index (κ3) is 4.06. The van der Waals surface area contributed by atoms with Gasteiger partial charge in [0.2, 0.25) is 5.88 Å². The predicted octanol–water partition coefficient (Wildman–Crippen LogP) is 5.39. The first kappa shape index (κ1) is 18.2. The molecule has 1 aromatic carbocycles. The summed E-state index contributed by atoms with van der Waals surface area (Å²) in [5.74, 6) is 0.162. The minimum atomic E-state index is -1.06. The predicted molar refractivity (Wildman–Crippen MR) is 108 cm³/mol. The fourth-order valence-electron chi connectivity index (χ4n) is 3.01. The zero-order valence-electron chi connectivity index (χ0n) is 14.4. The van der Waals surface area contributed by atoms with E-state index in [2.05, 4.69) is 25.8 Å². The second-order valence-corrected chi connectivity index (χ2v) is 8.06. The van der Waals surface area contributed by atoms with Crippen LogP contribution in [0.15, 0.2) is 53.8 Å². The summed E-state index contributed by atoms with van der Waals surface area (Å²) in [6.07, 6.45) is 4.99. The number of hydrogen-bond acceptors (Lipinski definition) is 6. The van der Waals surface area contributed by atoms with E-state index in [1.54, 1.807) is 12.1 Å². The lowest BCUT2D eigenvalue weighted by Gasteiger charge is -2.26. The van der Waals surface area contributed by atoms with Gasteiger partial charge in [0.25, 0.3) is 5.22 Å². The van der Waals surface area contributed by atoms with Crippen molar-refractivity contribution in [2.24, 2.45) is 0 Å². The minimum Gasteiger partial charge on any atom is -0.477 e. The highest BCUT2D eigenvalue weighted by Crippen LogP contribution is 2.35. The lowest BCUT2D eigenvalue weighted by atomic mass is 10.1. The SMILES string of the molecule is O=C(O)/C(=C/c1cc(Br)c(N2CCCCC2)o1)Sc1nc2ccccc2o1. The number of hydrogen-bond donors (Lipinski definition) is 1. The summed E-state index contributed by atoms with van der Waals surface area (Å²) in [5, 5.41) is 9.86. The van der Waals surface area contributed by atoms with Gasteiger partial charge in [-0.2, -0.15) is 0 Å². The average molecular weight is 449 g/mol. The molecule has 3 aromatic rings. The number of rotatable bonds is 5. The Bertz CT molecular complexity index is 971. The number of furan rings is 1. The Morgan fingerprint density at radius 1 is 1.22 bits per heavy atom. The molecule has 140 valence electrons. The van der Waals surface area contributed by atoms with E-state index >= 15 is 0 Å². The van der Waals surface area contributed by atoms with Crippen LogP contribution in [-0.2, 0) is 4.79 Å². The molecule has 1 aliphatic rings. The van der Waals surface area contributed by atoms with E-state index in [-0.39, 0.29) is 10.1 Å². The Kier molecular flexibility index (Phi) is 5.27. The maximum atomic E-state index is 11.7. The molecular weight excluding hydrogens is 432 g/mol. The third-order valence-corrected chi connectivity index (χ3v) is 5.72. The van der Waals surface area contributed by atoms with Crippen LogP contribution in [0.1, 0.15) is 25.0 Å². The molecule has 0 aliphatic carbocycles. The van der Waals surface area contributed by atoms with Gasteiger partial charge in [-0.05, 0) is 59.1 Å². The van der Waals surface area contributed by atoms with Crippen molar-refractivity contribution in [3.05, 3.63) is 45.5 Å². The number of piperidine rings is 1. The number of carboxylic acid groups (broad SMARTS) is 1. The number of aliphatic carboxylic acids is 1. The molecule has 1 aliphatic heterocycles. The van der Waals surface area contributed by atoms with E-state index in [0.717, 1.165) is 48.0 Å². The Morgan fingerprint density at radius 2 is 2.00 bits per heavy atom. The molecule has 0 radical (unpaired) electrons. The third-order valence-electron chi connectivity index (χ3n) is 4.29. The second-order valence-electron chi connectivity index (χ2n) is 6.21. The summed E-state index contributed by atoms with van der Waals surface area (Å²) in [4.78, 5) is 18.3. The standard InChI is InChI=1S/C19H17BrN2O4S/c20-13-10-12(25-17(13)22-8-4-1-5-9-22)11-16(18(23)24)27-19-21-14-6-2-3-7-15(14)26-19/h2-3,6-7,10-11H,1,4-5,8-9H2,(H,23,24)/b16-11-. The highest BCUT2D eigenvalue weighted by atomic mass is 79.9. The number of oxazole rings is 1. The highest BCUT2D eigenvalue weighted by Gasteiger charge is 2.20. The molecule has 2 aromatic heterocycles. The molecule has 0 spiro atoms. The lowest BCUT2D eigenvalue weighted by molar-refractivity contribution is -0.131. The van der Waals surface area contributed by atoms with E-state index in [0.29, 0.717) is 16.9 Å². The Morgan fingerprint density at radius 3 is 2.74 bits per heavy atom. The quantitative estimate of drug-likeness (QED) is 0.413. The summed E-state index contributed by atoms with van der Waals surface area (Å²) in [5.41, 5.74) is 1.32. The van der Waals surface area contributed by atoms with E-state index in [9.17, 15) is 9.90 Å². The van der Waals surface area contributed by atoms with Gasteiger partial charge in [-0.3, -0.25) is 0 Å². The normalized spacial score (nSPS) is 15.4. The molecule has 3 heterocycles. The van der Waals surface area contributed by atoms with Gasteiger partial charge < -0.3 is 18.8 Å². The first-order chi connectivity index (χ1) is 13.1. The van der Waals surface area contributed by atoms with Crippen LogP contribution in [0.2, 0.25) is 0 Å². The zero-order chi connectivity index (χ0) is 18.8. The molecular formula is C19H17BrN2O4S. The van der Waals surface area contributed by atoms with Crippen LogP contribution in [0.3, 0.4) is 0 Å². The fraction of sp³-hybridized carbons (Fsp3) is 0.263. The smallest absolute Gasteiger partial charge is 0.342 e. The van der Waals surface area contributed by atoms with Gasteiger partial charge in [-0.1, -0.05) is 12.1 Å². The maximum absolute atomic E-state index is 11.7. The number of carboxylic acids is 1. The molecule has 1 fully saturated rings. The van der Waals surface area contributed by atoms with Crippen molar-refractivity contribution in [3.63, 3.8) is 0 Å². The van der Waals surface area contributed by atoms with Gasteiger partial charge in [0.15, 0.2) is 5.58 Å². The first-order valence-electron chi connectivity index (χ1n) is 8.63. The van der Waals surface area contributed by atoms with Crippen LogP contribution >= 0.6 is 27.7 Å². The summed E-state index contributed by atoms with van der Waals surface area (Å²) in [6, 6.07) is 9.11. The van der Waals surface area contributed by atoms with Crippen LogP contribution < -0.4 is 4.90 Å². The number of carbonyl (C=O) groups is 1. The van der Waals surface area contributed by atoms with Gasteiger partial charge in [-0.25, -0.2) is 9.78 Å².